The molecule has 0 amide bonds. The van der Waals surface area contributed by atoms with Crippen LogP contribution in [0.3, 0.4) is 0 Å². The molecule has 0 radical (unpaired) electrons. The van der Waals surface area contributed by atoms with E-state index < -0.39 is 5.60 Å². The van der Waals surface area contributed by atoms with Crippen molar-refractivity contribution in [3.05, 3.63) is 59.7 Å². The first kappa shape index (κ1) is 24.0. The molecule has 1 atom stereocenters. The van der Waals surface area contributed by atoms with Crippen LogP contribution in [0.15, 0.2) is 42.7 Å². The Hall–Kier alpha value is -3.17. The molecule has 0 unspecified atom stereocenters. The maximum atomic E-state index is 11.2. The second kappa shape index (κ2) is 10.8. The molecule has 0 bridgehead atoms. The summed E-state index contributed by atoms with van der Waals surface area (Å²) < 4.78 is 7.84. The number of nitrogens with one attached hydrogen (secondary N) is 2. The largest absolute Gasteiger partial charge is 0.492 e. The molecular weight excluding hydrogens is 430 g/mol. The van der Waals surface area contributed by atoms with Crippen molar-refractivity contribution < 1.29 is 9.84 Å². The third kappa shape index (κ3) is 6.24. The number of hydrogen-bond donors (Lipinski definition) is 3. The lowest BCUT2D eigenvalue weighted by Crippen LogP contribution is -2.53. The Kier molecular flexibility index (Phi) is 7.64. The fraction of sp³-hybridized carbons (Fsp3) is 0.480. The second-order valence-electron chi connectivity index (χ2n) is 9.01. The molecule has 1 aliphatic rings. The van der Waals surface area contributed by atoms with Crippen LogP contribution in [0, 0.1) is 13.8 Å². The lowest BCUT2D eigenvalue weighted by Gasteiger charge is -2.40. The van der Waals surface area contributed by atoms with E-state index in [1.165, 1.54) is 0 Å². The normalized spacial score (nSPS) is 18.2. The van der Waals surface area contributed by atoms with Gasteiger partial charge in [0.05, 0.1) is 17.8 Å². The lowest BCUT2D eigenvalue weighted by molar-refractivity contribution is 0.0259. The van der Waals surface area contributed by atoms with Crippen molar-refractivity contribution >= 4 is 11.6 Å². The van der Waals surface area contributed by atoms with Crippen LogP contribution >= 0.6 is 0 Å². The smallest absolute Gasteiger partial charge is 0.134 e. The van der Waals surface area contributed by atoms with E-state index in [9.17, 15) is 5.11 Å². The summed E-state index contributed by atoms with van der Waals surface area (Å²) in [5.41, 5.74) is 2.52. The molecule has 3 N–H and O–H groups in total. The molecule has 1 saturated heterocycles. The zero-order chi connectivity index (χ0) is 24.0. The maximum Gasteiger partial charge on any atom is 0.134 e. The highest BCUT2D eigenvalue weighted by Crippen LogP contribution is 2.25. The van der Waals surface area contributed by atoms with Crippen LogP contribution in [-0.2, 0) is 13.1 Å². The van der Waals surface area contributed by atoms with Gasteiger partial charge in [0, 0.05) is 45.0 Å². The molecule has 3 aromatic rings. The highest BCUT2D eigenvalue weighted by atomic mass is 16.5. The molecule has 0 saturated carbocycles. The van der Waals surface area contributed by atoms with Crippen LogP contribution in [-0.4, -0.2) is 63.7 Å². The van der Waals surface area contributed by atoms with E-state index >= 15 is 0 Å². The second-order valence-corrected chi connectivity index (χ2v) is 9.01. The Labute approximate surface area is 201 Å². The van der Waals surface area contributed by atoms with Crippen LogP contribution in [0.1, 0.15) is 29.8 Å². The van der Waals surface area contributed by atoms with Crippen LogP contribution in [0.5, 0.6) is 5.75 Å². The monoisotopic (exact) mass is 465 g/mol. The molecule has 0 spiro atoms. The Morgan fingerprint density at radius 1 is 1.15 bits per heavy atom. The van der Waals surface area contributed by atoms with Gasteiger partial charge in [0.15, 0.2) is 0 Å². The molecule has 34 heavy (non-hydrogen) atoms. The van der Waals surface area contributed by atoms with E-state index in [4.69, 9.17) is 4.74 Å². The highest BCUT2D eigenvalue weighted by molar-refractivity contribution is 5.48. The Bertz CT molecular complexity index is 1070. The van der Waals surface area contributed by atoms with Crippen molar-refractivity contribution in [2.45, 2.75) is 45.4 Å². The first-order valence-electron chi connectivity index (χ1n) is 11.8. The molecule has 9 heteroatoms. The van der Waals surface area contributed by atoms with E-state index in [0.29, 0.717) is 26.2 Å². The summed E-state index contributed by atoms with van der Waals surface area (Å²) in [7, 11) is 1.84. The number of β-amino-alcohol motifs (C(OH)–C–C–N with tert-alkyl or cyclic N) is 1. The van der Waals surface area contributed by atoms with Gasteiger partial charge in [-0.05, 0) is 50.5 Å². The summed E-state index contributed by atoms with van der Waals surface area (Å²) >= 11 is 0. The number of anilines is 2. The quantitative estimate of drug-likeness (QED) is 0.420. The van der Waals surface area contributed by atoms with Crippen LogP contribution < -0.4 is 20.3 Å². The molecule has 9 nitrogen and oxygen atoms in total. The summed E-state index contributed by atoms with van der Waals surface area (Å²) in [6, 6.07) is 12.1. The summed E-state index contributed by atoms with van der Waals surface area (Å²) in [6.45, 7) is 7.98. The average molecular weight is 466 g/mol. The van der Waals surface area contributed by atoms with Gasteiger partial charge in [0.25, 0.3) is 0 Å². The molecule has 4 rings (SSSR count). The number of hydrogen-bond acceptors (Lipinski definition) is 8. The third-order valence-corrected chi connectivity index (χ3v) is 6.17. The molecule has 1 aromatic carbocycles. The minimum Gasteiger partial charge on any atom is -0.492 e. The summed E-state index contributed by atoms with van der Waals surface area (Å²) in [6.07, 6.45) is 3.24. The van der Waals surface area contributed by atoms with Crippen molar-refractivity contribution in [1.29, 1.82) is 0 Å². The van der Waals surface area contributed by atoms with Gasteiger partial charge < -0.3 is 25.4 Å². The maximum absolute atomic E-state index is 11.2. The number of piperidine rings is 1. The Balaban J connectivity index is 1.23. The lowest BCUT2D eigenvalue weighted by atomic mass is 9.92. The van der Waals surface area contributed by atoms with E-state index in [1.54, 1.807) is 6.33 Å². The van der Waals surface area contributed by atoms with E-state index in [0.717, 1.165) is 60.3 Å². The summed E-state index contributed by atoms with van der Waals surface area (Å²) in [4.78, 5) is 10.7. The van der Waals surface area contributed by atoms with Crippen molar-refractivity contribution in [2.24, 2.45) is 0 Å². The SMILES string of the molecule is CNc1cc(N2CCC[C@@](O)(CNCc3ccc(OCCn4nc(C)cc4C)cc3)C2)ncn1. The number of ether oxygens (including phenoxy) is 1. The van der Waals surface area contributed by atoms with Gasteiger partial charge in [-0.15, -0.1) is 0 Å². The number of aryl methyl sites for hydroxylation is 2. The van der Waals surface area contributed by atoms with Gasteiger partial charge in [-0.3, -0.25) is 4.68 Å². The van der Waals surface area contributed by atoms with Crippen LogP contribution in [0.25, 0.3) is 0 Å². The fourth-order valence-electron chi connectivity index (χ4n) is 4.40. The van der Waals surface area contributed by atoms with Crippen molar-refractivity contribution in [3.63, 3.8) is 0 Å². The van der Waals surface area contributed by atoms with E-state index in [1.807, 2.05) is 36.9 Å². The van der Waals surface area contributed by atoms with Gasteiger partial charge >= 0.3 is 0 Å². The average Bonchev–Trinajstić information content (AvgIpc) is 3.16. The van der Waals surface area contributed by atoms with Gasteiger partial charge in [-0.2, -0.15) is 5.10 Å². The van der Waals surface area contributed by atoms with E-state index in [-0.39, 0.29) is 0 Å². The molecule has 182 valence electrons. The van der Waals surface area contributed by atoms with Crippen LogP contribution in [0.4, 0.5) is 11.6 Å². The molecule has 0 aliphatic carbocycles. The standard InChI is InChI=1S/C25H35N7O2/c1-19-13-20(2)32(30-19)11-12-34-22-7-5-21(6-8-22)15-27-16-25(33)9-4-10-31(17-25)24-14-23(26-3)28-18-29-24/h5-8,13-14,18,27,33H,4,9-12,15-17H2,1-3H3,(H,26,28,29)/t25-/m1/s1. The number of aromatic nitrogens is 4. The minimum atomic E-state index is -0.797. The van der Waals surface area contributed by atoms with Gasteiger partial charge in [0.1, 0.15) is 30.3 Å². The fourth-order valence-corrected chi connectivity index (χ4v) is 4.40. The zero-order valence-corrected chi connectivity index (χ0v) is 20.3. The summed E-state index contributed by atoms with van der Waals surface area (Å²) in [5.74, 6) is 2.46. The molecule has 2 aromatic heterocycles. The topological polar surface area (TPSA) is 100 Å². The predicted molar refractivity (Wildman–Crippen MR) is 133 cm³/mol. The van der Waals surface area contributed by atoms with Crippen molar-refractivity contribution in [2.75, 3.05) is 43.5 Å². The number of rotatable bonds is 10. The third-order valence-electron chi connectivity index (χ3n) is 6.17. The van der Waals surface area contributed by atoms with Gasteiger partial charge in [0.2, 0.25) is 0 Å². The number of aliphatic hydroxyl groups is 1. The first-order chi connectivity index (χ1) is 16.4. The molecule has 1 fully saturated rings. The number of nitrogens with zero attached hydrogens (tertiary/aromatic N) is 5. The first-order valence-corrected chi connectivity index (χ1v) is 11.8. The van der Waals surface area contributed by atoms with Crippen molar-refractivity contribution in [1.82, 2.24) is 25.1 Å². The minimum absolute atomic E-state index is 0.522. The van der Waals surface area contributed by atoms with Crippen LogP contribution in [0.2, 0.25) is 0 Å². The molecule has 3 heterocycles. The highest BCUT2D eigenvalue weighted by Gasteiger charge is 2.33. The Morgan fingerprint density at radius 2 is 1.97 bits per heavy atom. The number of benzene rings is 1. The van der Waals surface area contributed by atoms with Gasteiger partial charge in [-0.25, -0.2) is 9.97 Å². The van der Waals surface area contributed by atoms with E-state index in [2.05, 4.69) is 55.7 Å². The zero-order valence-electron chi connectivity index (χ0n) is 20.3. The predicted octanol–water partition coefficient (Wildman–Crippen LogP) is 2.53. The molecule has 1 aliphatic heterocycles. The van der Waals surface area contributed by atoms with Gasteiger partial charge in [-0.1, -0.05) is 12.1 Å². The molecular formula is C25H35N7O2. The van der Waals surface area contributed by atoms with Crippen molar-refractivity contribution in [3.8, 4) is 5.75 Å². The summed E-state index contributed by atoms with van der Waals surface area (Å²) in [5, 5.41) is 22.1. The Morgan fingerprint density at radius 3 is 2.71 bits per heavy atom.